The lowest BCUT2D eigenvalue weighted by molar-refractivity contribution is -0.340. The van der Waals surface area contributed by atoms with Gasteiger partial charge in [-0.25, -0.2) is 0 Å². The Morgan fingerprint density at radius 2 is 1.42 bits per heavy atom. The van der Waals surface area contributed by atoms with Gasteiger partial charge in [0.15, 0.2) is 18.4 Å². The SMILES string of the molecule is C[C@H]([C@H](O)[C@@H](O)C(=O)C(C)(C)O)[C@H]1CC[C@@]2(C)[C@@H]3CC=C4C(CC[C@H](O[C@@H]5O[C@H](CO[C@@H]6O[C@H](CO)[C@@H](O)[C@H](O)[C@H]6O)[C@@H](O)[C@H](O)[C@H]5O)C4(C)C)[C@]3(C)CC[C@]12C. The zero-order valence-electron chi connectivity index (χ0n) is 34.8. The van der Waals surface area contributed by atoms with Crippen LogP contribution < -0.4 is 0 Å². The van der Waals surface area contributed by atoms with Crippen LogP contribution in [-0.2, 0) is 23.7 Å². The van der Waals surface area contributed by atoms with Crippen molar-refractivity contribution in [1.82, 2.24) is 0 Å². The molecule has 5 fully saturated rings. The summed E-state index contributed by atoms with van der Waals surface area (Å²) in [5.74, 6) is -0.480. The summed E-state index contributed by atoms with van der Waals surface area (Å²) in [6.45, 7) is 14.9. The van der Waals surface area contributed by atoms with Gasteiger partial charge in [-0.3, -0.25) is 4.79 Å². The van der Waals surface area contributed by atoms with Crippen molar-refractivity contribution in [2.24, 2.45) is 45.3 Å². The van der Waals surface area contributed by atoms with E-state index in [9.17, 15) is 55.9 Å². The first-order chi connectivity index (χ1) is 26.4. The Bertz CT molecular complexity index is 1480. The van der Waals surface area contributed by atoms with Crippen LogP contribution in [0.1, 0.15) is 100 Å². The largest absolute Gasteiger partial charge is 0.394 e. The highest BCUT2D eigenvalue weighted by Gasteiger charge is 2.68. The van der Waals surface area contributed by atoms with Crippen LogP contribution >= 0.6 is 0 Å². The summed E-state index contributed by atoms with van der Waals surface area (Å²) in [6, 6.07) is 0. The fraction of sp³-hybridized carbons (Fsp3) is 0.929. The zero-order valence-corrected chi connectivity index (χ0v) is 34.8. The summed E-state index contributed by atoms with van der Waals surface area (Å²) < 4.78 is 23.6. The predicted molar refractivity (Wildman–Crippen MR) is 203 cm³/mol. The molecule has 0 radical (unpaired) electrons. The van der Waals surface area contributed by atoms with Crippen LogP contribution in [0.25, 0.3) is 0 Å². The number of fused-ring (bicyclic) bond motifs is 5. The third kappa shape index (κ3) is 7.40. The molecule has 3 saturated carbocycles. The van der Waals surface area contributed by atoms with Crippen molar-refractivity contribution in [2.45, 2.75) is 186 Å². The fourth-order valence-corrected chi connectivity index (χ4v) is 12.6. The lowest BCUT2D eigenvalue weighted by Crippen LogP contribution is -2.63. The molecule has 15 nitrogen and oxygen atoms in total. The quantitative estimate of drug-likeness (QED) is 0.126. The van der Waals surface area contributed by atoms with Crippen molar-refractivity contribution in [3.8, 4) is 0 Å². The monoisotopic (exact) mass is 814 g/mol. The van der Waals surface area contributed by atoms with Gasteiger partial charge in [-0.2, -0.15) is 0 Å². The van der Waals surface area contributed by atoms with Crippen molar-refractivity contribution in [3.63, 3.8) is 0 Å². The van der Waals surface area contributed by atoms with Crippen molar-refractivity contribution in [1.29, 1.82) is 0 Å². The molecular formula is C42H70O15. The number of allylic oxidation sites excluding steroid dienone is 1. The smallest absolute Gasteiger partial charge is 0.194 e. The minimum absolute atomic E-state index is 0.0400. The lowest BCUT2D eigenvalue weighted by atomic mass is 9.39. The van der Waals surface area contributed by atoms with Gasteiger partial charge in [0.1, 0.15) is 60.5 Å². The molecule has 1 unspecified atom stereocenters. The van der Waals surface area contributed by atoms with Crippen LogP contribution in [0.5, 0.6) is 0 Å². The van der Waals surface area contributed by atoms with Gasteiger partial charge in [0.2, 0.25) is 0 Å². The van der Waals surface area contributed by atoms with E-state index in [0.717, 1.165) is 38.5 Å². The average molecular weight is 815 g/mol. The van der Waals surface area contributed by atoms with Gasteiger partial charge in [0, 0.05) is 5.41 Å². The standard InChI is InChI=1S/C42H70O15/c1-19(27(44)32(49)35(52)39(4,5)53)20-13-14-42(8)25-11-9-21-22(40(25,6)15-16-41(20,42)7)10-12-26(38(21,2)3)57-37-34(51)31(48)29(46)24(56-37)18-54-36-33(50)30(47)28(45)23(17-43)55-36/h9,19-20,22-34,36-37,43-51,53H,10-18H2,1-8H3/t19-,20+,22?,23+,24+,25+,26-,27-,28+,29+,30-,31-,32+,33+,34+,36+,37-,40-,41+,42-/m0/s1. The molecule has 10 N–H and O–H groups in total. The van der Waals surface area contributed by atoms with Crippen LogP contribution in [0.2, 0.25) is 0 Å². The van der Waals surface area contributed by atoms with Gasteiger partial charge in [-0.05, 0) is 98.7 Å². The van der Waals surface area contributed by atoms with E-state index >= 15 is 0 Å². The van der Waals surface area contributed by atoms with E-state index in [1.54, 1.807) is 0 Å². The number of Topliss-reactive ketones (excluding diaryl/α,β-unsaturated/α-hetero) is 1. The first-order valence-corrected chi connectivity index (χ1v) is 21.0. The minimum atomic E-state index is -1.75. The maximum Gasteiger partial charge on any atom is 0.194 e. The predicted octanol–water partition coefficient (Wildman–Crippen LogP) is 0.299. The lowest BCUT2D eigenvalue weighted by Gasteiger charge is -2.66. The molecule has 0 spiro atoms. The summed E-state index contributed by atoms with van der Waals surface area (Å²) in [5.41, 5.74) is -1.24. The molecule has 15 heteroatoms. The second kappa shape index (κ2) is 16.0. The normalized spacial score (nSPS) is 48.8. The molecule has 57 heavy (non-hydrogen) atoms. The second-order valence-corrected chi connectivity index (χ2v) is 20.2. The van der Waals surface area contributed by atoms with Crippen molar-refractivity contribution >= 4 is 5.78 Å². The Morgan fingerprint density at radius 3 is 2.04 bits per heavy atom. The summed E-state index contributed by atoms with van der Waals surface area (Å²) in [6.07, 6.45) is -9.98. The number of carbonyl (C=O) groups is 1. The molecule has 6 rings (SSSR count). The molecule has 328 valence electrons. The Labute approximate surface area is 336 Å². The number of carbonyl (C=O) groups excluding carboxylic acids is 1. The first kappa shape index (κ1) is 45.4. The number of aliphatic hydroxyl groups excluding tert-OH is 9. The van der Waals surface area contributed by atoms with E-state index in [-0.39, 0.29) is 34.0 Å². The molecule has 0 aromatic carbocycles. The van der Waals surface area contributed by atoms with E-state index in [2.05, 4.69) is 40.7 Å². The number of aliphatic hydroxyl groups is 10. The highest BCUT2D eigenvalue weighted by atomic mass is 16.7. The van der Waals surface area contributed by atoms with Gasteiger partial charge in [-0.1, -0.05) is 53.2 Å². The van der Waals surface area contributed by atoms with Crippen molar-refractivity contribution in [2.75, 3.05) is 13.2 Å². The first-order valence-electron chi connectivity index (χ1n) is 21.0. The van der Waals surface area contributed by atoms with E-state index in [1.165, 1.54) is 19.4 Å². The Kier molecular flexibility index (Phi) is 12.7. The maximum absolute atomic E-state index is 12.7. The molecule has 0 amide bonds. The van der Waals surface area contributed by atoms with Gasteiger partial charge in [0.05, 0.1) is 25.4 Å². The molecule has 2 heterocycles. The van der Waals surface area contributed by atoms with E-state index in [1.807, 2.05) is 6.92 Å². The summed E-state index contributed by atoms with van der Waals surface area (Å²) in [7, 11) is 0. The topological polar surface area (TPSA) is 256 Å². The van der Waals surface area contributed by atoms with Crippen LogP contribution in [0.15, 0.2) is 11.6 Å². The minimum Gasteiger partial charge on any atom is -0.394 e. The molecule has 0 bridgehead atoms. The Morgan fingerprint density at radius 1 is 0.825 bits per heavy atom. The molecule has 20 atom stereocenters. The van der Waals surface area contributed by atoms with Crippen LogP contribution in [0.3, 0.4) is 0 Å². The molecule has 2 aliphatic heterocycles. The summed E-state index contributed by atoms with van der Waals surface area (Å²) in [4.78, 5) is 12.7. The number of ether oxygens (including phenoxy) is 4. The van der Waals surface area contributed by atoms with Crippen molar-refractivity contribution in [3.05, 3.63) is 11.6 Å². The van der Waals surface area contributed by atoms with Gasteiger partial charge in [0.25, 0.3) is 0 Å². The molecule has 2 saturated heterocycles. The van der Waals surface area contributed by atoms with Crippen LogP contribution in [-0.4, -0.2) is 155 Å². The number of hydrogen-bond acceptors (Lipinski definition) is 15. The highest BCUT2D eigenvalue weighted by molar-refractivity contribution is 5.90. The molecule has 0 aromatic heterocycles. The van der Waals surface area contributed by atoms with Crippen LogP contribution in [0.4, 0.5) is 0 Å². The number of ketones is 1. The Hall–Kier alpha value is -1.15. The van der Waals surface area contributed by atoms with E-state index in [0.29, 0.717) is 12.3 Å². The number of rotatable bonds is 11. The number of hydrogen-bond donors (Lipinski definition) is 10. The fourth-order valence-electron chi connectivity index (χ4n) is 12.6. The third-order valence-corrected chi connectivity index (χ3v) is 16.5. The maximum atomic E-state index is 12.7. The van der Waals surface area contributed by atoms with Gasteiger partial charge >= 0.3 is 0 Å². The second-order valence-electron chi connectivity index (χ2n) is 20.2. The summed E-state index contributed by atoms with van der Waals surface area (Å²) >= 11 is 0. The highest BCUT2D eigenvalue weighted by Crippen LogP contribution is 2.75. The molecule has 4 aliphatic carbocycles. The third-order valence-electron chi connectivity index (χ3n) is 16.5. The molecule has 0 aromatic rings. The van der Waals surface area contributed by atoms with Gasteiger partial charge < -0.3 is 70.0 Å². The summed E-state index contributed by atoms with van der Waals surface area (Å²) in [5, 5.41) is 105. The van der Waals surface area contributed by atoms with Crippen LogP contribution in [0, 0.1) is 45.3 Å². The zero-order chi connectivity index (χ0) is 42.4. The average Bonchev–Trinajstić information content (AvgIpc) is 3.43. The Balaban J connectivity index is 1.15. The van der Waals surface area contributed by atoms with E-state index < -0.39 is 110 Å². The molecular weight excluding hydrogens is 744 g/mol. The molecule has 6 aliphatic rings. The van der Waals surface area contributed by atoms with E-state index in [4.69, 9.17) is 18.9 Å². The van der Waals surface area contributed by atoms with Crippen molar-refractivity contribution < 1.29 is 74.8 Å². The van der Waals surface area contributed by atoms with Gasteiger partial charge in [-0.15, -0.1) is 0 Å².